The highest BCUT2D eigenvalue weighted by molar-refractivity contribution is 6.12. The van der Waals surface area contributed by atoms with Crippen molar-refractivity contribution in [1.82, 2.24) is 4.98 Å². The van der Waals surface area contributed by atoms with Gasteiger partial charge in [-0.15, -0.1) is 0 Å². The van der Waals surface area contributed by atoms with Crippen LogP contribution in [0.2, 0.25) is 0 Å². The lowest BCUT2D eigenvalue weighted by Crippen LogP contribution is -2.25. The molecule has 5 heteroatoms. The van der Waals surface area contributed by atoms with Gasteiger partial charge in [-0.1, -0.05) is 0 Å². The van der Waals surface area contributed by atoms with Crippen LogP contribution in [0.4, 0.5) is 4.39 Å². The predicted molar refractivity (Wildman–Crippen MR) is 58.4 cm³/mol. The Morgan fingerprint density at radius 3 is 2.39 bits per heavy atom. The number of hydrogen-bond acceptors (Lipinski definition) is 4. The molecule has 18 heavy (non-hydrogen) atoms. The first-order valence-electron chi connectivity index (χ1n) is 5.06. The minimum atomic E-state index is -1.48. The van der Waals surface area contributed by atoms with Gasteiger partial charge in [-0.2, -0.15) is 0 Å². The monoisotopic (exact) mass is 244 g/mol. The Bertz CT molecular complexity index is 608. The number of ketones is 1. The van der Waals surface area contributed by atoms with Crippen LogP contribution >= 0.6 is 0 Å². The summed E-state index contributed by atoms with van der Waals surface area (Å²) < 4.78 is 12.7. The van der Waals surface area contributed by atoms with Crippen LogP contribution in [0.1, 0.15) is 26.4 Å². The van der Waals surface area contributed by atoms with Crippen molar-refractivity contribution in [2.24, 2.45) is 0 Å². The first kappa shape index (κ1) is 11.9. The van der Waals surface area contributed by atoms with Crippen molar-refractivity contribution in [2.45, 2.75) is 0 Å². The van der Waals surface area contributed by atoms with E-state index in [2.05, 4.69) is 4.98 Å². The summed E-state index contributed by atoms with van der Waals surface area (Å²) >= 11 is 0. The van der Waals surface area contributed by atoms with E-state index in [0.29, 0.717) is 0 Å². The summed E-state index contributed by atoms with van der Waals surface area (Å²) in [5.41, 5.74) is -0.339. The van der Waals surface area contributed by atoms with Crippen LogP contribution in [-0.2, 0) is 0 Å². The molecule has 0 unspecified atom stereocenters. The lowest BCUT2D eigenvalue weighted by Gasteiger charge is -2.07. The molecule has 0 saturated heterocycles. The molecule has 1 aromatic heterocycles. The fourth-order valence-electron chi connectivity index (χ4n) is 1.49. The zero-order chi connectivity index (χ0) is 13.1. The van der Waals surface area contributed by atoms with E-state index >= 15 is 0 Å². The van der Waals surface area contributed by atoms with Crippen LogP contribution in [0.5, 0.6) is 0 Å². The molecule has 0 saturated carbocycles. The third-order valence-corrected chi connectivity index (χ3v) is 2.35. The Labute approximate surface area is 102 Å². The van der Waals surface area contributed by atoms with Crippen molar-refractivity contribution in [3.05, 3.63) is 65.2 Å². The first-order valence-corrected chi connectivity index (χ1v) is 5.06. The molecule has 0 aliphatic heterocycles. The highest BCUT2D eigenvalue weighted by Crippen LogP contribution is 2.12. The summed E-state index contributed by atoms with van der Waals surface area (Å²) in [5, 5.41) is 10.8. The van der Waals surface area contributed by atoms with Crippen molar-refractivity contribution in [2.75, 3.05) is 0 Å². The fourth-order valence-corrected chi connectivity index (χ4v) is 1.49. The van der Waals surface area contributed by atoms with E-state index in [1.807, 2.05) is 0 Å². The summed E-state index contributed by atoms with van der Waals surface area (Å²) in [6, 6.07) is 7.41. The van der Waals surface area contributed by atoms with Gasteiger partial charge in [0.2, 0.25) is 5.78 Å². The van der Waals surface area contributed by atoms with Crippen LogP contribution in [0, 0.1) is 5.82 Å². The van der Waals surface area contributed by atoms with Gasteiger partial charge in [0.15, 0.2) is 0 Å². The molecular weight excluding hydrogens is 237 g/mol. The van der Waals surface area contributed by atoms with Gasteiger partial charge in [0, 0.05) is 17.3 Å². The Kier molecular flexibility index (Phi) is 3.14. The second-order valence-electron chi connectivity index (χ2n) is 3.52. The number of nitrogens with zero attached hydrogens (tertiary/aromatic N) is 1. The lowest BCUT2D eigenvalue weighted by atomic mass is 10.0. The third-order valence-electron chi connectivity index (χ3n) is 2.35. The maximum Gasteiger partial charge on any atom is 0.212 e. The van der Waals surface area contributed by atoms with E-state index in [1.165, 1.54) is 30.5 Å². The zero-order valence-corrected chi connectivity index (χ0v) is 9.09. The number of benzene rings is 1. The number of carboxylic acids is 1. The average Bonchev–Trinajstić information content (AvgIpc) is 2.39. The predicted octanol–water partition coefficient (Wildman–Crippen LogP) is 0.815. The molecule has 0 radical (unpaired) electrons. The van der Waals surface area contributed by atoms with Gasteiger partial charge in [0.1, 0.15) is 11.5 Å². The molecule has 0 bridgehead atoms. The maximum atomic E-state index is 12.7. The van der Waals surface area contributed by atoms with E-state index in [1.54, 1.807) is 0 Å². The SMILES string of the molecule is O=C([O-])c1cccnc1C(=O)c1ccc(F)cc1. The highest BCUT2D eigenvalue weighted by Gasteiger charge is 2.15. The van der Waals surface area contributed by atoms with E-state index in [9.17, 15) is 19.1 Å². The average molecular weight is 244 g/mol. The molecule has 0 aliphatic carbocycles. The minimum Gasteiger partial charge on any atom is -0.545 e. The smallest absolute Gasteiger partial charge is 0.212 e. The van der Waals surface area contributed by atoms with Crippen molar-refractivity contribution in [1.29, 1.82) is 0 Å². The number of carbonyl (C=O) groups is 2. The Balaban J connectivity index is 2.46. The van der Waals surface area contributed by atoms with Gasteiger partial charge in [0.25, 0.3) is 0 Å². The Hall–Kier alpha value is -2.56. The molecule has 2 aromatic rings. The number of pyridine rings is 1. The van der Waals surface area contributed by atoms with Crippen LogP contribution < -0.4 is 5.11 Å². The molecule has 1 aromatic carbocycles. The van der Waals surface area contributed by atoms with Gasteiger partial charge in [-0.25, -0.2) is 4.39 Å². The molecule has 0 fully saturated rings. The van der Waals surface area contributed by atoms with Crippen LogP contribution in [0.25, 0.3) is 0 Å². The number of carbonyl (C=O) groups excluding carboxylic acids is 2. The van der Waals surface area contributed by atoms with Gasteiger partial charge < -0.3 is 9.90 Å². The molecule has 90 valence electrons. The summed E-state index contributed by atoms with van der Waals surface area (Å²) in [6.07, 6.45) is 1.31. The van der Waals surface area contributed by atoms with Gasteiger partial charge in [0.05, 0.1) is 5.97 Å². The molecule has 4 nitrogen and oxygen atoms in total. The maximum absolute atomic E-state index is 12.7. The molecule has 0 aliphatic rings. The number of carboxylic acid groups (broad SMARTS) is 1. The van der Waals surface area contributed by atoms with Crippen molar-refractivity contribution >= 4 is 11.8 Å². The summed E-state index contributed by atoms with van der Waals surface area (Å²) in [7, 11) is 0. The van der Waals surface area contributed by atoms with E-state index in [0.717, 1.165) is 12.1 Å². The number of aromatic carboxylic acids is 1. The first-order chi connectivity index (χ1) is 8.59. The quantitative estimate of drug-likeness (QED) is 0.749. The topological polar surface area (TPSA) is 70.1 Å². The summed E-state index contributed by atoms with van der Waals surface area (Å²) in [6.45, 7) is 0. The van der Waals surface area contributed by atoms with E-state index in [4.69, 9.17) is 0 Å². The van der Waals surface area contributed by atoms with Crippen molar-refractivity contribution in [3.8, 4) is 0 Å². The Morgan fingerprint density at radius 2 is 1.78 bits per heavy atom. The molecule has 0 spiro atoms. The number of rotatable bonds is 3. The van der Waals surface area contributed by atoms with Gasteiger partial charge >= 0.3 is 0 Å². The summed E-state index contributed by atoms with van der Waals surface area (Å²) in [4.78, 5) is 26.6. The van der Waals surface area contributed by atoms with Gasteiger partial charge in [-0.3, -0.25) is 9.78 Å². The van der Waals surface area contributed by atoms with Crippen molar-refractivity contribution in [3.63, 3.8) is 0 Å². The second-order valence-corrected chi connectivity index (χ2v) is 3.52. The third kappa shape index (κ3) is 2.24. The number of aromatic nitrogens is 1. The fraction of sp³-hybridized carbons (Fsp3) is 0. The van der Waals surface area contributed by atoms with Crippen LogP contribution in [-0.4, -0.2) is 16.7 Å². The van der Waals surface area contributed by atoms with E-state index < -0.39 is 17.6 Å². The number of hydrogen-bond donors (Lipinski definition) is 0. The zero-order valence-electron chi connectivity index (χ0n) is 9.09. The standard InChI is InChI=1S/C13H8FNO3/c14-9-5-3-8(4-6-9)12(16)11-10(13(17)18)2-1-7-15-11/h1-7H,(H,17,18)/p-1. The Morgan fingerprint density at radius 1 is 1.11 bits per heavy atom. The molecular formula is C13H7FNO3-. The van der Waals surface area contributed by atoms with E-state index in [-0.39, 0.29) is 16.8 Å². The minimum absolute atomic E-state index is 0.164. The van der Waals surface area contributed by atoms with Crippen LogP contribution in [0.3, 0.4) is 0 Å². The molecule has 0 N–H and O–H groups in total. The largest absolute Gasteiger partial charge is 0.545 e. The highest BCUT2D eigenvalue weighted by atomic mass is 19.1. The molecule has 0 amide bonds. The van der Waals surface area contributed by atoms with Gasteiger partial charge in [-0.05, 0) is 36.4 Å². The normalized spacial score (nSPS) is 10.1. The summed E-state index contributed by atoms with van der Waals surface area (Å²) in [5.74, 6) is -2.55. The van der Waals surface area contributed by atoms with Crippen LogP contribution in [0.15, 0.2) is 42.6 Å². The second kappa shape index (κ2) is 4.75. The van der Waals surface area contributed by atoms with Crippen molar-refractivity contribution < 1.29 is 19.1 Å². The molecule has 2 rings (SSSR count). The lowest BCUT2D eigenvalue weighted by molar-refractivity contribution is -0.255. The number of halogens is 1. The molecule has 0 atom stereocenters. The molecule has 1 heterocycles.